The predicted molar refractivity (Wildman–Crippen MR) is 103 cm³/mol. The molecule has 0 aromatic rings. The molecule has 0 spiro atoms. The summed E-state index contributed by atoms with van der Waals surface area (Å²) in [6.07, 6.45) is 18.0. The van der Waals surface area contributed by atoms with Crippen LogP contribution in [-0.2, 0) is 20.3 Å². The van der Waals surface area contributed by atoms with Crippen molar-refractivity contribution in [2.24, 2.45) is 0 Å². The maximum Gasteiger partial charge on any atom is 0.219 e. The SMILES string of the molecule is CCCCCCCCCCCCCCCC(=O)NCCCOS(=O)[O-]. The standard InChI is InChI=1S/C19H39NO4S/c1-2-3-4-5-6-7-8-9-10-11-12-13-14-16-19(21)20-17-15-18-24-25(22)23/h2-18H2,1H3,(H,20,21)(H,22,23)/p-1. The van der Waals surface area contributed by atoms with Gasteiger partial charge in [-0.2, -0.15) is 0 Å². The number of carbonyl (C=O) groups is 1. The third-order valence-corrected chi connectivity index (χ3v) is 4.69. The average Bonchev–Trinajstić information content (AvgIpc) is 2.58. The van der Waals surface area contributed by atoms with E-state index in [-0.39, 0.29) is 12.5 Å². The molecule has 0 fully saturated rings. The minimum atomic E-state index is -2.46. The topological polar surface area (TPSA) is 78.5 Å². The summed E-state index contributed by atoms with van der Waals surface area (Å²) < 4.78 is 24.6. The fourth-order valence-electron chi connectivity index (χ4n) is 2.82. The Bertz CT molecular complexity index is 327. The van der Waals surface area contributed by atoms with Gasteiger partial charge in [0.15, 0.2) is 0 Å². The first kappa shape index (κ1) is 24.5. The zero-order chi connectivity index (χ0) is 18.6. The van der Waals surface area contributed by atoms with Crippen molar-refractivity contribution in [1.29, 1.82) is 0 Å². The Balaban J connectivity index is 3.14. The first-order chi connectivity index (χ1) is 12.2. The number of amides is 1. The molecule has 1 atom stereocenters. The normalized spacial score (nSPS) is 12.2. The van der Waals surface area contributed by atoms with Gasteiger partial charge in [0, 0.05) is 13.0 Å². The highest BCUT2D eigenvalue weighted by Crippen LogP contribution is 2.12. The van der Waals surface area contributed by atoms with Crippen LogP contribution in [0.1, 0.15) is 103 Å². The molecule has 0 saturated heterocycles. The van der Waals surface area contributed by atoms with Gasteiger partial charge in [-0.05, 0) is 12.8 Å². The number of hydrogen-bond acceptors (Lipinski definition) is 4. The largest absolute Gasteiger partial charge is 0.750 e. The van der Waals surface area contributed by atoms with Crippen molar-refractivity contribution in [3.63, 3.8) is 0 Å². The Labute approximate surface area is 157 Å². The van der Waals surface area contributed by atoms with Gasteiger partial charge in [-0.25, -0.2) is 4.21 Å². The molecular weight excluding hydrogens is 338 g/mol. The van der Waals surface area contributed by atoms with Crippen molar-refractivity contribution in [3.8, 4) is 0 Å². The van der Waals surface area contributed by atoms with Gasteiger partial charge in [-0.3, -0.25) is 4.79 Å². The van der Waals surface area contributed by atoms with Gasteiger partial charge >= 0.3 is 0 Å². The zero-order valence-electron chi connectivity index (χ0n) is 16.1. The van der Waals surface area contributed by atoms with Gasteiger partial charge in [0.2, 0.25) is 5.91 Å². The Morgan fingerprint density at radius 2 is 1.32 bits per heavy atom. The van der Waals surface area contributed by atoms with Crippen LogP contribution in [0.15, 0.2) is 0 Å². The van der Waals surface area contributed by atoms with Gasteiger partial charge in [-0.15, -0.1) is 0 Å². The molecule has 1 amide bonds. The molecule has 0 aliphatic rings. The molecule has 5 nitrogen and oxygen atoms in total. The molecule has 0 radical (unpaired) electrons. The Kier molecular flexibility index (Phi) is 19.5. The summed E-state index contributed by atoms with van der Waals surface area (Å²) >= 11 is -2.46. The molecule has 0 aliphatic carbocycles. The van der Waals surface area contributed by atoms with E-state index in [4.69, 9.17) is 0 Å². The van der Waals surface area contributed by atoms with E-state index in [1.807, 2.05) is 0 Å². The molecule has 25 heavy (non-hydrogen) atoms. The molecule has 0 heterocycles. The average molecular weight is 377 g/mol. The van der Waals surface area contributed by atoms with Crippen molar-refractivity contribution in [3.05, 3.63) is 0 Å². The minimum Gasteiger partial charge on any atom is -0.750 e. The van der Waals surface area contributed by atoms with Crippen LogP contribution in [0.3, 0.4) is 0 Å². The first-order valence-corrected chi connectivity index (χ1v) is 11.2. The number of unbranched alkanes of at least 4 members (excludes halogenated alkanes) is 12. The lowest BCUT2D eigenvalue weighted by molar-refractivity contribution is -0.121. The van der Waals surface area contributed by atoms with E-state index in [2.05, 4.69) is 16.4 Å². The van der Waals surface area contributed by atoms with E-state index in [1.165, 1.54) is 70.6 Å². The van der Waals surface area contributed by atoms with Crippen molar-refractivity contribution < 1.29 is 17.7 Å². The lowest BCUT2D eigenvalue weighted by Crippen LogP contribution is -2.24. The van der Waals surface area contributed by atoms with Crippen LogP contribution < -0.4 is 5.32 Å². The van der Waals surface area contributed by atoms with Gasteiger partial charge in [-0.1, -0.05) is 84.0 Å². The summed E-state index contributed by atoms with van der Waals surface area (Å²) in [5.41, 5.74) is 0. The minimum absolute atomic E-state index is 0.0475. The number of hydrogen-bond donors (Lipinski definition) is 1. The van der Waals surface area contributed by atoms with Crippen LogP contribution in [-0.4, -0.2) is 27.8 Å². The van der Waals surface area contributed by atoms with E-state index < -0.39 is 11.4 Å². The maximum absolute atomic E-state index is 11.6. The predicted octanol–water partition coefficient (Wildman–Crippen LogP) is 4.78. The summed E-state index contributed by atoms with van der Waals surface area (Å²) in [7, 11) is 0. The third-order valence-electron chi connectivity index (χ3n) is 4.33. The number of rotatable bonds is 19. The van der Waals surface area contributed by atoms with Crippen molar-refractivity contribution in [2.75, 3.05) is 13.2 Å². The molecule has 1 unspecified atom stereocenters. The van der Waals surface area contributed by atoms with Crippen molar-refractivity contribution in [1.82, 2.24) is 5.32 Å². The molecular formula is C19H38NO4S-. The second kappa shape index (κ2) is 19.9. The molecule has 0 saturated carbocycles. The van der Waals surface area contributed by atoms with E-state index in [0.717, 1.165) is 12.8 Å². The molecule has 0 bridgehead atoms. The van der Waals surface area contributed by atoms with E-state index in [9.17, 15) is 13.6 Å². The summed E-state index contributed by atoms with van der Waals surface area (Å²) in [6, 6.07) is 0. The molecule has 0 aromatic heterocycles. The highest BCUT2D eigenvalue weighted by Gasteiger charge is 2.00. The zero-order valence-corrected chi connectivity index (χ0v) is 16.9. The Morgan fingerprint density at radius 1 is 0.840 bits per heavy atom. The molecule has 150 valence electrons. The van der Waals surface area contributed by atoms with Crippen LogP contribution in [0.4, 0.5) is 0 Å². The van der Waals surface area contributed by atoms with Crippen LogP contribution in [0.25, 0.3) is 0 Å². The van der Waals surface area contributed by atoms with E-state index in [1.54, 1.807) is 0 Å². The lowest BCUT2D eigenvalue weighted by Gasteiger charge is -2.07. The van der Waals surface area contributed by atoms with Gasteiger partial charge < -0.3 is 14.1 Å². The summed E-state index contributed by atoms with van der Waals surface area (Å²) in [5, 5.41) is 2.78. The van der Waals surface area contributed by atoms with Gasteiger partial charge in [0.05, 0.1) is 18.0 Å². The monoisotopic (exact) mass is 376 g/mol. The molecule has 0 aliphatic heterocycles. The fraction of sp³-hybridized carbons (Fsp3) is 0.947. The van der Waals surface area contributed by atoms with E-state index >= 15 is 0 Å². The van der Waals surface area contributed by atoms with Crippen LogP contribution >= 0.6 is 0 Å². The van der Waals surface area contributed by atoms with Crippen LogP contribution in [0.5, 0.6) is 0 Å². The van der Waals surface area contributed by atoms with Gasteiger partial charge in [0.25, 0.3) is 0 Å². The summed E-state index contributed by atoms with van der Waals surface area (Å²) in [4.78, 5) is 11.6. The summed E-state index contributed by atoms with van der Waals surface area (Å²) in [5.74, 6) is 0.0475. The molecule has 1 N–H and O–H groups in total. The lowest BCUT2D eigenvalue weighted by atomic mass is 10.0. The molecule has 0 rings (SSSR count). The van der Waals surface area contributed by atoms with E-state index in [0.29, 0.717) is 19.4 Å². The van der Waals surface area contributed by atoms with Crippen LogP contribution in [0.2, 0.25) is 0 Å². The fourth-order valence-corrected chi connectivity index (χ4v) is 3.07. The highest BCUT2D eigenvalue weighted by atomic mass is 32.2. The molecule has 6 heteroatoms. The van der Waals surface area contributed by atoms with Gasteiger partial charge in [0.1, 0.15) is 0 Å². The first-order valence-electron chi connectivity index (χ1n) is 10.2. The number of carbonyl (C=O) groups excluding carboxylic acids is 1. The molecule has 0 aromatic carbocycles. The Morgan fingerprint density at radius 3 is 1.80 bits per heavy atom. The quantitative estimate of drug-likeness (QED) is 0.260. The second-order valence-electron chi connectivity index (χ2n) is 6.72. The second-order valence-corrected chi connectivity index (χ2v) is 7.37. The third kappa shape index (κ3) is 21.5. The Hall–Kier alpha value is -0.460. The highest BCUT2D eigenvalue weighted by molar-refractivity contribution is 7.74. The summed E-state index contributed by atoms with van der Waals surface area (Å²) in [6.45, 7) is 2.84. The van der Waals surface area contributed by atoms with Crippen molar-refractivity contribution in [2.45, 2.75) is 103 Å². The maximum atomic E-state index is 11.6. The van der Waals surface area contributed by atoms with Crippen molar-refractivity contribution >= 4 is 17.3 Å². The smallest absolute Gasteiger partial charge is 0.219 e. The van der Waals surface area contributed by atoms with Crippen LogP contribution in [0, 0.1) is 0 Å². The number of nitrogens with one attached hydrogen (secondary N) is 1.